The quantitative estimate of drug-likeness (QED) is 0.226. The van der Waals surface area contributed by atoms with Crippen molar-refractivity contribution < 1.29 is 37.7 Å². The Hall–Kier alpha value is -2.83. The summed E-state index contributed by atoms with van der Waals surface area (Å²) in [5.41, 5.74) is -4.07. The van der Waals surface area contributed by atoms with Gasteiger partial charge < -0.3 is 23.9 Å². The summed E-state index contributed by atoms with van der Waals surface area (Å²) in [6.45, 7) is 6.04. The topological polar surface area (TPSA) is 149 Å². The number of para-hydroxylation sites is 1. The largest absolute Gasteiger partial charge is 0.464 e. The van der Waals surface area contributed by atoms with Crippen LogP contribution in [0.4, 0.5) is 4.39 Å². The molecule has 0 spiro atoms. The van der Waals surface area contributed by atoms with Crippen molar-refractivity contribution >= 4 is 14.1 Å². The molecule has 0 radical (unpaired) electrons. The highest BCUT2D eigenvalue weighted by molar-refractivity contribution is 7.36. The van der Waals surface area contributed by atoms with E-state index in [0.717, 1.165) is 28.6 Å². The first kappa shape index (κ1) is 29.7. The lowest BCUT2D eigenvalue weighted by Gasteiger charge is -2.27. The van der Waals surface area contributed by atoms with Crippen LogP contribution >= 0.6 is 8.18 Å². The molecule has 0 amide bonds. The second-order valence-electron chi connectivity index (χ2n) is 9.47. The Morgan fingerprint density at radius 2 is 1.95 bits per heavy atom. The van der Waals surface area contributed by atoms with Gasteiger partial charge in [0.1, 0.15) is 24.0 Å². The van der Waals surface area contributed by atoms with Gasteiger partial charge in [0.25, 0.3) is 13.7 Å². The number of alkyl halides is 1. The highest BCUT2D eigenvalue weighted by atomic mass is 31.1. The number of aliphatic hydroxyl groups is 1. The predicted molar refractivity (Wildman–Crippen MR) is 134 cm³/mol. The van der Waals surface area contributed by atoms with E-state index in [1.807, 2.05) is 18.8 Å². The highest BCUT2D eigenvalue weighted by Gasteiger charge is 2.55. The van der Waals surface area contributed by atoms with Crippen LogP contribution in [-0.2, 0) is 23.4 Å². The lowest BCUT2D eigenvalue weighted by molar-refractivity contribution is -0.155. The summed E-state index contributed by atoms with van der Waals surface area (Å²) < 4.78 is 45.6. The zero-order chi connectivity index (χ0) is 28.0. The summed E-state index contributed by atoms with van der Waals surface area (Å²) in [4.78, 5) is 44.6. The number of hydrogen-bond acceptors (Lipinski definition) is 9. The Balaban J connectivity index is 1.72. The first-order valence-electron chi connectivity index (χ1n) is 12.1. The predicted octanol–water partition coefficient (Wildman–Crippen LogP) is 2.20. The lowest BCUT2D eigenvalue weighted by Crippen LogP contribution is -2.43. The smallest absolute Gasteiger partial charge is 0.330 e. The molecule has 1 aromatic heterocycles. The number of aromatic nitrogens is 2. The Kier molecular flexibility index (Phi) is 10.0. The SMILES string of the molecule is CC(C)CCOC(=O)C(C)N(Oc1ccccc1)[PH](=O)OC[C@H]1O[C@@H](n2ccc(=O)[nH]c2=O)[C@](C)(F)[C@@H]1O. The minimum Gasteiger partial charge on any atom is -0.464 e. The maximum absolute atomic E-state index is 15.4. The molecule has 2 heterocycles. The van der Waals surface area contributed by atoms with E-state index in [1.165, 1.54) is 6.92 Å². The van der Waals surface area contributed by atoms with Gasteiger partial charge in [0, 0.05) is 12.3 Å². The van der Waals surface area contributed by atoms with Crippen molar-refractivity contribution in [1.82, 2.24) is 14.4 Å². The second-order valence-corrected chi connectivity index (χ2v) is 10.7. The fourth-order valence-corrected chi connectivity index (χ4v) is 4.70. The Labute approximate surface area is 219 Å². The van der Waals surface area contributed by atoms with E-state index in [1.54, 1.807) is 30.3 Å². The lowest BCUT2D eigenvalue weighted by atomic mass is 9.98. The van der Waals surface area contributed by atoms with E-state index in [9.17, 15) is 24.1 Å². The molecule has 14 heteroatoms. The van der Waals surface area contributed by atoms with Gasteiger partial charge in [-0.2, -0.15) is 0 Å². The van der Waals surface area contributed by atoms with Crippen LogP contribution in [0, 0.1) is 5.92 Å². The van der Waals surface area contributed by atoms with Crippen LogP contribution in [0.25, 0.3) is 0 Å². The molecule has 0 bridgehead atoms. The molecule has 3 rings (SSSR count). The van der Waals surface area contributed by atoms with Crippen LogP contribution in [-0.4, -0.2) is 62.6 Å². The van der Waals surface area contributed by atoms with E-state index >= 15 is 4.39 Å². The fraction of sp³-hybridized carbons (Fsp3) is 0.542. The summed E-state index contributed by atoms with van der Waals surface area (Å²) in [7, 11) is -3.32. The Morgan fingerprint density at radius 1 is 1.26 bits per heavy atom. The third kappa shape index (κ3) is 7.17. The van der Waals surface area contributed by atoms with Gasteiger partial charge in [0.05, 0.1) is 13.2 Å². The summed E-state index contributed by atoms with van der Waals surface area (Å²) in [5.74, 6) is -0.0936. The number of aromatic amines is 1. The number of carbonyl (C=O) groups excluding carboxylic acids is 1. The van der Waals surface area contributed by atoms with Gasteiger partial charge in [-0.3, -0.25) is 23.7 Å². The Bertz CT molecular complexity index is 1220. The molecule has 1 aliphatic rings. The number of rotatable bonds is 12. The second kappa shape index (κ2) is 12.8. The zero-order valence-corrected chi connectivity index (χ0v) is 22.5. The normalized spacial score (nSPS) is 24.9. The molecule has 210 valence electrons. The first-order chi connectivity index (χ1) is 17.9. The number of nitrogens with zero attached hydrogens (tertiary/aromatic N) is 2. The summed E-state index contributed by atoms with van der Waals surface area (Å²) in [6, 6.07) is 8.16. The number of nitrogens with one attached hydrogen (secondary N) is 1. The molecule has 1 aliphatic heterocycles. The van der Waals surface area contributed by atoms with Gasteiger partial charge in [0.15, 0.2) is 11.9 Å². The van der Waals surface area contributed by atoms with E-state index in [0.29, 0.717) is 12.3 Å². The number of esters is 1. The van der Waals surface area contributed by atoms with Crippen molar-refractivity contribution in [3.05, 3.63) is 63.4 Å². The Morgan fingerprint density at radius 3 is 2.58 bits per heavy atom. The van der Waals surface area contributed by atoms with E-state index < -0.39 is 62.2 Å². The molecule has 1 saturated heterocycles. The average Bonchev–Trinajstić information content (AvgIpc) is 3.09. The third-order valence-corrected chi connectivity index (χ3v) is 7.20. The number of carbonyl (C=O) groups is 1. The van der Waals surface area contributed by atoms with Crippen LogP contribution in [0.15, 0.2) is 52.2 Å². The first-order valence-corrected chi connectivity index (χ1v) is 13.4. The van der Waals surface area contributed by atoms with Crippen molar-refractivity contribution in [2.45, 2.75) is 64.3 Å². The maximum atomic E-state index is 15.4. The molecule has 1 aromatic carbocycles. The van der Waals surface area contributed by atoms with Crippen molar-refractivity contribution in [1.29, 1.82) is 0 Å². The van der Waals surface area contributed by atoms with Crippen molar-refractivity contribution in [3.8, 4) is 5.75 Å². The van der Waals surface area contributed by atoms with E-state index in [4.69, 9.17) is 18.8 Å². The van der Waals surface area contributed by atoms with Gasteiger partial charge in [0.2, 0.25) is 0 Å². The van der Waals surface area contributed by atoms with Gasteiger partial charge in [-0.25, -0.2) is 9.18 Å². The molecule has 1 fully saturated rings. The van der Waals surface area contributed by atoms with E-state index in [2.05, 4.69) is 0 Å². The van der Waals surface area contributed by atoms with Crippen molar-refractivity contribution in [2.24, 2.45) is 5.92 Å². The molecule has 12 nitrogen and oxygen atoms in total. The van der Waals surface area contributed by atoms with Crippen LogP contribution in [0.3, 0.4) is 0 Å². The van der Waals surface area contributed by atoms with Crippen LogP contribution in [0.1, 0.15) is 40.3 Å². The number of H-pyrrole nitrogens is 1. The molecule has 2 unspecified atom stereocenters. The summed E-state index contributed by atoms with van der Waals surface area (Å²) >= 11 is 0. The minimum atomic E-state index is -3.32. The molecular weight excluding hydrogens is 524 g/mol. The van der Waals surface area contributed by atoms with Crippen molar-refractivity contribution in [2.75, 3.05) is 13.2 Å². The summed E-state index contributed by atoms with van der Waals surface area (Å²) in [6.07, 6.45) is -3.02. The maximum Gasteiger partial charge on any atom is 0.330 e. The molecule has 2 N–H and O–H groups in total. The highest BCUT2D eigenvalue weighted by Crippen LogP contribution is 2.42. The average molecular weight is 558 g/mol. The third-order valence-electron chi connectivity index (χ3n) is 5.95. The zero-order valence-electron chi connectivity index (χ0n) is 21.5. The summed E-state index contributed by atoms with van der Waals surface area (Å²) in [5, 5.41) is 10.5. The number of benzene rings is 1. The monoisotopic (exact) mass is 557 g/mol. The molecule has 38 heavy (non-hydrogen) atoms. The van der Waals surface area contributed by atoms with Crippen molar-refractivity contribution in [3.63, 3.8) is 0 Å². The number of hydrogen-bond donors (Lipinski definition) is 2. The van der Waals surface area contributed by atoms with Gasteiger partial charge in [-0.05, 0) is 38.3 Å². The van der Waals surface area contributed by atoms with E-state index in [-0.39, 0.29) is 12.4 Å². The molecule has 0 aliphatic carbocycles. The number of halogens is 1. The molecule has 0 saturated carbocycles. The van der Waals surface area contributed by atoms with Crippen LogP contribution in [0.5, 0.6) is 5.75 Å². The number of hydroxylamine groups is 1. The van der Waals surface area contributed by atoms with Gasteiger partial charge in [-0.15, -0.1) is 0 Å². The van der Waals surface area contributed by atoms with Crippen LogP contribution in [0.2, 0.25) is 0 Å². The standard InChI is InChI=1S/C24H33FN3O9P/c1-15(2)11-13-34-21(31)16(3)28(37-17-8-6-5-7-9-17)38(33)35-14-18-20(30)24(4,25)22(36-18)27-12-10-19(29)26-23(27)32/h5-10,12,15-16,18,20,22,30,38H,11,13-14H2,1-4H3,(H,26,29,32)/t16?,18-,20-,22-,24-/m1/s1. The fourth-order valence-electron chi connectivity index (χ4n) is 3.66. The molecule has 2 aromatic rings. The molecular formula is C24H33FN3O9P. The van der Waals surface area contributed by atoms with Gasteiger partial charge in [-0.1, -0.05) is 36.9 Å². The van der Waals surface area contributed by atoms with Gasteiger partial charge >= 0.3 is 11.7 Å². The van der Waals surface area contributed by atoms with Crippen LogP contribution < -0.4 is 16.1 Å². The number of ether oxygens (including phenoxy) is 2. The number of aliphatic hydroxyl groups excluding tert-OH is 1. The molecule has 6 atom stereocenters. The minimum absolute atomic E-state index is 0.171.